The Morgan fingerprint density at radius 2 is 1.61 bits per heavy atom. The van der Waals surface area contributed by atoms with Crippen molar-refractivity contribution in [3.8, 4) is 17.2 Å². The Balaban J connectivity index is 1.67. The highest BCUT2D eigenvalue weighted by Gasteiger charge is 2.27. The molecule has 0 bridgehead atoms. The average molecular weight is 477 g/mol. The molecule has 3 rings (SSSR count). The van der Waals surface area contributed by atoms with E-state index in [0.29, 0.717) is 43.5 Å². The molecule has 9 heteroatoms. The molecule has 1 aliphatic rings. The van der Waals surface area contributed by atoms with E-state index in [1.807, 2.05) is 13.8 Å². The zero-order valence-electron chi connectivity index (χ0n) is 19.2. The number of benzene rings is 2. The Morgan fingerprint density at radius 1 is 0.939 bits per heavy atom. The summed E-state index contributed by atoms with van der Waals surface area (Å²) < 4.78 is 44.2. The number of rotatable bonds is 11. The molecule has 0 aliphatic carbocycles. The first-order chi connectivity index (χ1) is 15.9. The van der Waals surface area contributed by atoms with Crippen molar-refractivity contribution in [1.82, 2.24) is 4.31 Å². The molecule has 0 spiro atoms. The minimum absolute atomic E-state index is 0.131. The highest BCUT2D eigenvalue weighted by Crippen LogP contribution is 2.30. The van der Waals surface area contributed by atoms with Crippen molar-refractivity contribution >= 4 is 21.6 Å². The first-order valence-corrected chi connectivity index (χ1v) is 12.8. The van der Waals surface area contributed by atoms with Crippen molar-refractivity contribution in [2.24, 2.45) is 0 Å². The molecule has 2 aromatic rings. The van der Waals surface area contributed by atoms with Gasteiger partial charge < -0.3 is 19.5 Å². The first-order valence-electron chi connectivity index (χ1n) is 11.4. The molecule has 0 unspecified atom stereocenters. The molecule has 0 aromatic heterocycles. The van der Waals surface area contributed by atoms with Gasteiger partial charge in [-0.3, -0.25) is 4.79 Å². The van der Waals surface area contributed by atoms with Gasteiger partial charge in [-0.1, -0.05) is 13.3 Å². The molecule has 1 fully saturated rings. The smallest absolute Gasteiger partial charge is 0.262 e. The van der Waals surface area contributed by atoms with Gasteiger partial charge in [-0.25, -0.2) is 8.42 Å². The van der Waals surface area contributed by atoms with Crippen LogP contribution in [0.3, 0.4) is 0 Å². The van der Waals surface area contributed by atoms with Gasteiger partial charge in [-0.15, -0.1) is 0 Å². The van der Waals surface area contributed by atoms with E-state index in [4.69, 9.17) is 14.2 Å². The Labute approximate surface area is 195 Å². The number of sulfonamides is 1. The number of amides is 1. The highest BCUT2D eigenvalue weighted by atomic mass is 32.2. The fraction of sp³-hybridized carbons (Fsp3) is 0.458. The van der Waals surface area contributed by atoms with Crippen LogP contribution in [0.25, 0.3) is 0 Å². The van der Waals surface area contributed by atoms with Crippen LogP contribution < -0.4 is 19.5 Å². The van der Waals surface area contributed by atoms with Crippen molar-refractivity contribution in [2.75, 3.05) is 38.2 Å². The molecule has 1 aliphatic heterocycles. The van der Waals surface area contributed by atoms with Crippen LogP contribution in [-0.2, 0) is 14.8 Å². The van der Waals surface area contributed by atoms with Crippen LogP contribution >= 0.6 is 0 Å². The van der Waals surface area contributed by atoms with Crippen molar-refractivity contribution < 1.29 is 27.4 Å². The van der Waals surface area contributed by atoms with E-state index in [9.17, 15) is 13.2 Å². The summed E-state index contributed by atoms with van der Waals surface area (Å²) in [5, 5.41) is 2.72. The number of nitrogens with zero attached hydrogens (tertiary/aromatic N) is 1. The summed E-state index contributed by atoms with van der Waals surface area (Å²) >= 11 is 0. The molecule has 2 aromatic carbocycles. The molecule has 180 valence electrons. The summed E-state index contributed by atoms with van der Waals surface area (Å²) in [5.41, 5.74) is 0.298. The minimum atomic E-state index is -3.63. The molecule has 1 N–H and O–H groups in total. The predicted octanol–water partition coefficient (Wildman–Crippen LogP) is 4.07. The van der Waals surface area contributed by atoms with E-state index < -0.39 is 15.9 Å². The number of nitrogens with one attached hydrogen (secondary N) is 1. The Morgan fingerprint density at radius 3 is 2.24 bits per heavy atom. The monoisotopic (exact) mass is 476 g/mol. The molecule has 0 saturated carbocycles. The third-order valence-electron chi connectivity index (χ3n) is 5.14. The number of hydrogen-bond acceptors (Lipinski definition) is 6. The molecular weight excluding hydrogens is 444 g/mol. The van der Waals surface area contributed by atoms with Crippen LogP contribution in [0.4, 0.5) is 5.69 Å². The zero-order chi connectivity index (χ0) is 23.7. The standard InChI is InChI=1S/C24H32N2O6S/c1-3-16-31-19-8-10-20(11-9-19)32-18-24(27)25-22-17-21(12-13-23(22)30-4-2)33(28,29)26-14-6-5-7-15-26/h8-13,17H,3-7,14-16,18H2,1-2H3,(H,25,27). The van der Waals surface area contributed by atoms with Crippen molar-refractivity contribution in [2.45, 2.75) is 44.4 Å². The zero-order valence-corrected chi connectivity index (χ0v) is 20.0. The summed E-state index contributed by atoms with van der Waals surface area (Å²) in [6.45, 7) is 5.65. The van der Waals surface area contributed by atoms with Gasteiger partial charge >= 0.3 is 0 Å². The molecule has 0 radical (unpaired) electrons. The lowest BCUT2D eigenvalue weighted by atomic mass is 10.2. The predicted molar refractivity (Wildman–Crippen MR) is 127 cm³/mol. The van der Waals surface area contributed by atoms with E-state index in [0.717, 1.165) is 31.4 Å². The molecule has 1 heterocycles. The second kappa shape index (κ2) is 11.9. The minimum Gasteiger partial charge on any atom is -0.494 e. The van der Waals surface area contributed by atoms with Crippen LogP contribution in [0.2, 0.25) is 0 Å². The molecule has 8 nitrogen and oxygen atoms in total. The van der Waals surface area contributed by atoms with Crippen molar-refractivity contribution in [3.05, 3.63) is 42.5 Å². The molecule has 1 saturated heterocycles. The number of hydrogen-bond donors (Lipinski definition) is 1. The Kier molecular flexibility index (Phi) is 8.96. The largest absolute Gasteiger partial charge is 0.494 e. The number of carbonyl (C=O) groups is 1. The van der Waals surface area contributed by atoms with Gasteiger partial charge in [0.2, 0.25) is 10.0 Å². The van der Waals surface area contributed by atoms with Crippen LogP contribution in [0.5, 0.6) is 17.2 Å². The number of ether oxygens (including phenoxy) is 3. The second-order valence-corrected chi connectivity index (χ2v) is 9.65. The van der Waals surface area contributed by atoms with E-state index in [1.165, 1.54) is 16.4 Å². The summed E-state index contributed by atoms with van der Waals surface area (Å²) in [6.07, 6.45) is 3.65. The molecular formula is C24H32N2O6S. The van der Waals surface area contributed by atoms with Gasteiger partial charge in [0.05, 0.1) is 23.8 Å². The van der Waals surface area contributed by atoms with Gasteiger partial charge in [0, 0.05) is 13.1 Å². The van der Waals surface area contributed by atoms with Crippen molar-refractivity contribution in [1.29, 1.82) is 0 Å². The summed E-state index contributed by atoms with van der Waals surface area (Å²) in [5.74, 6) is 1.25. The number of anilines is 1. The van der Waals surface area contributed by atoms with E-state index >= 15 is 0 Å². The Hall–Kier alpha value is -2.78. The maximum atomic E-state index is 13.0. The maximum absolute atomic E-state index is 13.0. The quantitative estimate of drug-likeness (QED) is 0.526. The lowest BCUT2D eigenvalue weighted by Gasteiger charge is -2.26. The third-order valence-corrected chi connectivity index (χ3v) is 7.04. The second-order valence-electron chi connectivity index (χ2n) is 7.71. The number of carbonyl (C=O) groups excluding carboxylic acids is 1. The van der Waals surface area contributed by atoms with Gasteiger partial charge in [0.25, 0.3) is 5.91 Å². The van der Waals surface area contributed by atoms with E-state index in [-0.39, 0.29) is 11.5 Å². The van der Waals surface area contributed by atoms with Crippen LogP contribution in [0.15, 0.2) is 47.4 Å². The van der Waals surface area contributed by atoms with Gasteiger partial charge in [-0.05, 0) is 68.7 Å². The van der Waals surface area contributed by atoms with Crippen molar-refractivity contribution in [3.63, 3.8) is 0 Å². The SMILES string of the molecule is CCCOc1ccc(OCC(=O)Nc2cc(S(=O)(=O)N3CCCCC3)ccc2OCC)cc1. The topological polar surface area (TPSA) is 94.2 Å². The Bertz CT molecular complexity index is 1020. The molecule has 33 heavy (non-hydrogen) atoms. The maximum Gasteiger partial charge on any atom is 0.262 e. The first kappa shape index (κ1) is 24.9. The third kappa shape index (κ3) is 6.85. The summed E-state index contributed by atoms with van der Waals surface area (Å²) in [7, 11) is -3.63. The summed E-state index contributed by atoms with van der Waals surface area (Å²) in [4.78, 5) is 12.7. The molecule has 1 amide bonds. The fourth-order valence-corrected chi connectivity index (χ4v) is 5.03. The van der Waals surface area contributed by atoms with Gasteiger partial charge in [0.1, 0.15) is 17.2 Å². The van der Waals surface area contributed by atoms with Gasteiger partial charge in [-0.2, -0.15) is 4.31 Å². The van der Waals surface area contributed by atoms with E-state index in [1.54, 1.807) is 30.3 Å². The lowest BCUT2D eigenvalue weighted by molar-refractivity contribution is -0.118. The van der Waals surface area contributed by atoms with Crippen LogP contribution in [-0.4, -0.2) is 51.5 Å². The highest BCUT2D eigenvalue weighted by molar-refractivity contribution is 7.89. The van der Waals surface area contributed by atoms with Crippen LogP contribution in [0, 0.1) is 0 Å². The van der Waals surface area contributed by atoms with Crippen LogP contribution in [0.1, 0.15) is 39.5 Å². The van der Waals surface area contributed by atoms with E-state index in [2.05, 4.69) is 5.32 Å². The lowest BCUT2D eigenvalue weighted by Crippen LogP contribution is -2.35. The average Bonchev–Trinajstić information content (AvgIpc) is 2.83. The molecule has 0 atom stereocenters. The summed E-state index contributed by atoms with van der Waals surface area (Å²) in [6, 6.07) is 11.6. The van der Waals surface area contributed by atoms with Gasteiger partial charge in [0.15, 0.2) is 6.61 Å². The number of piperidine rings is 1. The fourth-order valence-electron chi connectivity index (χ4n) is 3.49. The normalized spacial score (nSPS) is 14.5.